The number of carbonyl (C=O) groups excluding carboxylic acids is 2. The number of aliphatic carboxylic acids is 1. The molecule has 182 valence electrons. The van der Waals surface area contributed by atoms with E-state index in [-0.39, 0.29) is 31.4 Å². The zero-order valence-corrected chi connectivity index (χ0v) is 19.1. The molecule has 0 spiro atoms. The minimum absolute atomic E-state index is 0.00489. The Morgan fingerprint density at radius 1 is 1.24 bits per heavy atom. The first-order valence-corrected chi connectivity index (χ1v) is 11.3. The highest BCUT2D eigenvalue weighted by atomic mass is 19.1. The van der Waals surface area contributed by atoms with Crippen molar-refractivity contribution < 1.29 is 42.9 Å². The van der Waals surface area contributed by atoms with Gasteiger partial charge in [-0.3, -0.25) is 4.79 Å². The third-order valence-electron chi connectivity index (χ3n) is 8.99. The summed E-state index contributed by atoms with van der Waals surface area (Å²) in [5, 5.41) is 21.5. The maximum Gasteiger partial charge on any atom is 0.509 e. The number of carbonyl (C=O) groups is 3. The van der Waals surface area contributed by atoms with Gasteiger partial charge in [0.2, 0.25) is 5.60 Å². The number of rotatable bonds is 3. The SMILES string of the molecule is CCOC(=O)O[C@]1(C(=O)O)[C@H](C)C[C@H]2[C@@H]3C[C@H](F)C4=CC(=O)C=C[C@]4(C)[C@@]3(F)[C@@H](O)C[C@@]21C. The number of hydrogen-bond donors (Lipinski definition) is 2. The standard InChI is InChI=1S/C24H30F2O7/c1-5-32-20(31)33-24(19(29)30)12(2)8-14-15-10-17(25)16-9-13(27)6-7-21(16,3)23(15,26)18(28)11-22(14,24)4/h6-7,9,12,14-15,17-18,28H,5,8,10-11H2,1-4H3,(H,29,30)/t12-,14+,15+,17+,18+,21+,22+,23+,24+/m1/s1. The molecule has 4 aliphatic rings. The van der Waals surface area contributed by atoms with Crippen LogP contribution in [0.2, 0.25) is 0 Å². The van der Waals surface area contributed by atoms with Gasteiger partial charge in [-0.1, -0.05) is 19.9 Å². The van der Waals surface area contributed by atoms with Crippen LogP contribution in [0.3, 0.4) is 0 Å². The number of ether oxygens (including phenoxy) is 2. The van der Waals surface area contributed by atoms with Crippen molar-refractivity contribution in [3.8, 4) is 0 Å². The summed E-state index contributed by atoms with van der Waals surface area (Å²) in [7, 11) is 0. The number of hydrogen-bond acceptors (Lipinski definition) is 6. The van der Waals surface area contributed by atoms with Crippen molar-refractivity contribution in [1.29, 1.82) is 0 Å². The highest BCUT2D eigenvalue weighted by Crippen LogP contribution is 2.71. The molecule has 0 saturated heterocycles. The summed E-state index contributed by atoms with van der Waals surface area (Å²) < 4.78 is 42.8. The average molecular weight is 468 g/mol. The largest absolute Gasteiger partial charge is 0.509 e. The van der Waals surface area contributed by atoms with Gasteiger partial charge in [0.25, 0.3) is 0 Å². The topological polar surface area (TPSA) is 110 Å². The third-order valence-corrected chi connectivity index (χ3v) is 8.99. The van der Waals surface area contributed by atoms with Crippen molar-refractivity contribution in [3.05, 3.63) is 23.8 Å². The number of ketones is 1. The molecule has 4 aliphatic carbocycles. The molecule has 9 heteroatoms. The Morgan fingerprint density at radius 2 is 1.91 bits per heavy atom. The van der Waals surface area contributed by atoms with E-state index in [0.29, 0.717) is 0 Å². The van der Waals surface area contributed by atoms with Crippen LogP contribution < -0.4 is 0 Å². The van der Waals surface area contributed by atoms with E-state index >= 15 is 8.78 Å². The zero-order valence-electron chi connectivity index (χ0n) is 19.1. The minimum Gasteiger partial charge on any atom is -0.478 e. The molecular weight excluding hydrogens is 438 g/mol. The van der Waals surface area contributed by atoms with Gasteiger partial charge in [0.15, 0.2) is 11.5 Å². The number of carboxylic acid groups (broad SMARTS) is 1. The Balaban J connectivity index is 1.85. The summed E-state index contributed by atoms with van der Waals surface area (Å²) in [5.74, 6) is -4.35. The molecule has 0 aromatic heterocycles. The summed E-state index contributed by atoms with van der Waals surface area (Å²) in [5.41, 5.74) is -7.36. The fraction of sp³-hybridized carbons (Fsp3) is 0.708. The highest BCUT2D eigenvalue weighted by Gasteiger charge is 2.78. The molecule has 0 bridgehead atoms. The second-order valence-electron chi connectivity index (χ2n) is 10.3. The lowest BCUT2D eigenvalue weighted by Gasteiger charge is -2.62. The lowest BCUT2D eigenvalue weighted by atomic mass is 9.44. The van der Waals surface area contributed by atoms with Crippen LogP contribution in [-0.2, 0) is 19.1 Å². The van der Waals surface area contributed by atoms with Crippen molar-refractivity contribution in [1.82, 2.24) is 0 Å². The van der Waals surface area contributed by atoms with Crippen LogP contribution in [0.5, 0.6) is 0 Å². The molecular formula is C24H30F2O7. The molecule has 0 unspecified atom stereocenters. The van der Waals surface area contributed by atoms with E-state index in [9.17, 15) is 24.6 Å². The summed E-state index contributed by atoms with van der Waals surface area (Å²) >= 11 is 0. The van der Waals surface area contributed by atoms with E-state index in [4.69, 9.17) is 9.47 Å². The van der Waals surface area contributed by atoms with Gasteiger partial charge in [0.1, 0.15) is 6.17 Å². The Hall–Kier alpha value is -2.29. The Labute approximate surface area is 190 Å². The van der Waals surface area contributed by atoms with Crippen LogP contribution in [0.25, 0.3) is 0 Å². The first-order valence-electron chi connectivity index (χ1n) is 11.3. The predicted molar refractivity (Wildman–Crippen MR) is 112 cm³/mol. The van der Waals surface area contributed by atoms with Gasteiger partial charge >= 0.3 is 12.1 Å². The van der Waals surface area contributed by atoms with Crippen LogP contribution in [0.4, 0.5) is 13.6 Å². The molecule has 0 heterocycles. The average Bonchev–Trinajstić information content (AvgIpc) is 2.94. The number of aliphatic hydroxyl groups is 1. The van der Waals surface area contributed by atoms with Gasteiger partial charge in [-0.25, -0.2) is 18.4 Å². The fourth-order valence-electron chi connectivity index (χ4n) is 7.52. The maximum atomic E-state index is 17.1. The molecule has 0 amide bonds. The Morgan fingerprint density at radius 3 is 2.52 bits per heavy atom. The van der Waals surface area contributed by atoms with Crippen LogP contribution in [0.1, 0.15) is 47.0 Å². The van der Waals surface area contributed by atoms with E-state index in [2.05, 4.69) is 0 Å². The summed E-state index contributed by atoms with van der Waals surface area (Å²) in [6, 6.07) is 0. The Kier molecular flexibility index (Phi) is 5.32. The molecule has 0 aromatic rings. The summed E-state index contributed by atoms with van der Waals surface area (Å²) in [6.45, 7) is 6.18. The highest BCUT2D eigenvalue weighted by molar-refractivity contribution is 6.01. The van der Waals surface area contributed by atoms with Crippen molar-refractivity contribution in [2.75, 3.05) is 6.61 Å². The van der Waals surface area contributed by atoms with Crippen LogP contribution in [0.15, 0.2) is 23.8 Å². The second-order valence-corrected chi connectivity index (χ2v) is 10.3. The van der Waals surface area contributed by atoms with Gasteiger partial charge < -0.3 is 19.7 Å². The quantitative estimate of drug-likeness (QED) is 0.610. The predicted octanol–water partition coefficient (Wildman–Crippen LogP) is 3.55. The van der Waals surface area contributed by atoms with E-state index in [1.165, 1.54) is 19.1 Å². The minimum atomic E-state index is -2.33. The van der Waals surface area contributed by atoms with E-state index in [1.807, 2.05) is 0 Å². The number of aliphatic hydroxyl groups excluding tert-OH is 1. The lowest BCUT2D eigenvalue weighted by Crippen LogP contribution is -2.71. The number of halogens is 2. The molecule has 9 atom stereocenters. The van der Waals surface area contributed by atoms with Crippen LogP contribution in [-0.4, -0.2) is 58.3 Å². The zero-order chi connectivity index (χ0) is 24.6. The molecule has 2 N–H and O–H groups in total. The number of alkyl halides is 2. The second kappa shape index (κ2) is 7.35. The first-order chi connectivity index (χ1) is 15.3. The van der Waals surface area contributed by atoms with E-state index in [1.54, 1.807) is 20.8 Å². The van der Waals surface area contributed by atoms with Gasteiger partial charge in [-0.05, 0) is 56.8 Å². The number of allylic oxidation sites excluding steroid dienone is 4. The van der Waals surface area contributed by atoms with Gasteiger partial charge in [0, 0.05) is 22.7 Å². The van der Waals surface area contributed by atoms with Crippen molar-refractivity contribution >= 4 is 17.9 Å². The summed E-state index contributed by atoms with van der Waals surface area (Å²) in [6.07, 6.45) is -1.32. The fourth-order valence-corrected chi connectivity index (χ4v) is 7.52. The monoisotopic (exact) mass is 468 g/mol. The maximum absolute atomic E-state index is 17.1. The van der Waals surface area contributed by atoms with Crippen molar-refractivity contribution in [2.24, 2.45) is 28.6 Å². The molecule has 33 heavy (non-hydrogen) atoms. The Bertz CT molecular complexity index is 962. The normalized spacial score (nSPS) is 48.3. The molecule has 0 radical (unpaired) electrons. The van der Waals surface area contributed by atoms with Crippen molar-refractivity contribution in [3.63, 3.8) is 0 Å². The number of fused-ring (bicyclic) bond motifs is 5. The molecule has 3 fully saturated rings. The molecule has 0 aromatic carbocycles. The molecule has 0 aliphatic heterocycles. The lowest BCUT2D eigenvalue weighted by molar-refractivity contribution is -0.231. The molecule has 3 saturated carbocycles. The molecule has 7 nitrogen and oxygen atoms in total. The third kappa shape index (κ3) is 2.77. The van der Waals surface area contributed by atoms with Gasteiger partial charge in [-0.15, -0.1) is 0 Å². The van der Waals surface area contributed by atoms with Crippen LogP contribution in [0, 0.1) is 28.6 Å². The summed E-state index contributed by atoms with van der Waals surface area (Å²) in [4.78, 5) is 36.8. The first kappa shape index (κ1) is 23.9. The smallest absolute Gasteiger partial charge is 0.478 e. The van der Waals surface area contributed by atoms with Gasteiger partial charge in [-0.2, -0.15) is 0 Å². The van der Waals surface area contributed by atoms with Crippen molar-refractivity contribution in [2.45, 2.75) is 70.5 Å². The number of carboxylic acids is 1. The molecule has 4 rings (SSSR count). The van der Waals surface area contributed by atoms with E-state index < -0.39 is 70.0 Å². The van der Waals surface area contributed by atoms with Crippen LogP contribution >= 0.6 is 0 Å². The van der Waals surface area contributed by atoms with Gasteiger partial charge in [0.05, 0.1) is 12.7 Å². The van der Waals surface area contributed by atoms with E-state index in [0.717, 1.165) is 6.08 Å².